The van der Waals surface area contributed by atoms with E-state index in [-0.39, 0.29) is 12.7 Å². The SMILES string of the molecule is OCCOCCOCCOCCOCCOCCOCCOCCOCC1CCCO1. The molecule has 0 aromatic heterocycles. The average Bonchev–Trinajstić information content (AvgIpc) is 3.30. The van der Waals surface area contributed by atoms with Crippen molar-refractivity contribution in [2.45, 2.75) is 18.9 Å². The highest BCUT2D eigenvalue weighted by atomic mass is 16.6. The zero-order valence-electron chi connectivity index (χ0n) is 18.8. The van der Waals surface area contributed by atoms with Crippen molar-refractivity contribution in [3.8, 4) is 0 Å². The fourth-order valence-electron chi connectivity index (χ4n) is 2.59. The Morgan fingerprint density at radius 3 is 1.19 bits per heavy atom. The molecule has 0 bridgehead atoms. The van der Waals surface area contributed by atoms with E-state index >= 15 is 0 Å². The molecule has 1 atom stereocenters. The molecule has 0 aromatic carbocycles. The average molecular weight is 455 g/mol. The second-order valence-electron chi connectivity index (χ2n) is 6.72. The van der Waals surface area contributed by atoms with Crippen molar-refractivity contribution in [3.63, 3.8) is 0 Å². The molecule has 1 aliphatic rings. The van der Waals surface area contributed by atoms with Gasteiger partial charge in [-0.2, -0.15) is 0 Å². The molecule has 1 aliphatic heterocycles. The summed E-state index contributed by atoms with van der Waals surface area (Å²) in [6.45, 7) is 9.32. The highest BCUT2D eigenvalue weighted by Crippen LogP contribution is 2.11. The largest absolute Gasteiger partial charge is 0.394 e. The van der Waals surface area contributed by atoms with Crippen molar-refractivity contribution in [2.24, 2.45) is 0 Å². The van der Waals surface area contributed by atoms with Crippen LogP contribution >= 0.6 is 0 Å². The van der Waals surface area contributed by atoms with Crippen molar-refractivity contribution in [3.05, 3.63) is 0 Å². The minimum absolute atomic E-state index is 0.0331. The molecule has 1 rings (SSSR count). The summed E-state index contributed by atoms with van der Waals surface area (Å²) in [4.78, 5) is 0. The van der Waals surface area contributed by atoms with Crippen LogP contribution in [0.3, 0.4) is 0 Å². The van der Waals surface area contributed by atoms with Crippen LogP contribution in [0.25, 0.3) is 0 Å². The fraction of sp³-hybridized carbons (Fsp3) is 1.00. The fourth-order valence-corrected chi connectivity index (χ4v) is 2.59. The number of hydrogen-bond acceptors (Lipinski definition) is 10. The van der Waals surface area contributed by atoms with Crippen molar-refractivity contribution >= 4 is 0 Å². The molecule has 1 N–H and O–H groups in total. The van der Waals surface area contributed by atoms with Crippen molar-refractivity contribution in [1.82, 2.24) is 0 Å². The Bertz CT molecular complexity index is 342. The van der Waals surface area contributed by atoms with Crippen LogP contribution in [0.2, 0.25) is 0 Å². The first-order valence-electron chi connectivity index (χ1n) is 11.3. The normalized spacial score (nSPS) is 16.4. The van der Waals surface area contributed by atoms with Gasteiger partial charge < -0.3 is 47.7 Å². The van der Waals surface area contributed by atoms with Gasteiger partial charge in [0, 0.05) is 6.61 Å². The van der Waals surface area contributed by atoms with Gasteiger partial charge in [0.2, 0.25) is 0 Å². The van der Waals surface area contributed by atoms with Gasteiger partial charge in [-0.3, -0.25) is 0 Å². The Labute approximate surface area is 186 Å². The van der Waals surface area contributed by atoms with Gasteiger partial charge in [0.1, 0.15) is 0 Å². The number of hydrogen-bond donors (Lipinski definition) is 1. The predicted molar refractivity (Wildman–Crippen MR) is 113 cm³/mol. The van der Waals surface area contributed by atoms with E-state index in [9.17, 15) is 0 Å². The Morgan fingerprint density at radius 2 is 0.871 bits per heavy atom. The minimum atomic E-state index is 0.0331. The summed E-state index contributed by atoms with van der Waals surface area (Å²) < 4.78 is 48.5. The Balaban J connectivity index is 1.61. The van der Waals surface area contributed by atoms with Crippen molar-refractivity contribution in [1.29, 1.82) is 0 Å². The second kappa shape index (κ2) is 24.2. The molecule has 0 amide bonds. The second-order valence-corrected chi connectivity index (χ2v) is 6.72. The van der Waals surface area contributed by atoms with E-state index in [0.717, 1.165) is 19.4 Å². The Hall–Kier alpha value is -0.400. The highest BCUT2D eigenvalue weighted by molar-refractivity contribution is 4.63. The standard InChI is InChI=1S/C21H42O10/c22-3-5-23-6-7-24-8-9-25-10-11-26-12-13-27-14-15-28-16-17-29-18-19-30-20-21-2-1-4-31-21/h21-22H,1-20H2. The third-order valence-corrected chi connectivity index (χ3v) is 4.17. The van der Waals surface area contributed by atoms with Crippen LogP contribution in [0.1, 0.15) is 12.8 Å². The third-order valence-electron chi connectivity index (χ3n) is 4.17. The zero-order valence-corrected chi connectivity index (χ0v) is 18.8. The Morgan fingerprint density at radius 1 is 0.516 bits per heavy atom. The first-order valence-corrected chi connectivity index (χ1v) is 11.3. The molecule has 10 heteroatoms. The van der Waals surface area contributed by atoms with Gasteiger partial charge in [-0.15, -0.1) is 0 Å². The van der Waals surface area contributed by atoms with E-state index in [4.69, 9.17) is 47.7 Å². The lowest BCUT2D eigenvalue weighted by Gasteiger charge is -2.10. The maximum absolute atomic E-state index is 8.54. The molecule has 186 valence electrons. The van der Waals surface area contributed by atoms with Crippen LogP contribution in [0.5, 0.6) is 0 Å². The van der Waals surface area contributed by atoms with Crippen LogP contribution in [-0.4, -0.2) is 130 Å². The number of ether oxygens (including phenoxy) is 9. The molecule has 1 unspecified atom stereocenters. The molecular weight excluding hydrogens is 412 g/mol. The molecule has 0 saturated carbocycles. The summed E-state index contributed by atoms with van der Waals surface area (Å²) in [7, 11) is 0. The summed E-state index contributed by atoms with van der Waals surface area (Å²) in [5.41, 5.74) is 0. The van der Waals surface area contributed by atoms with E-state index in [1.807, 2.05) is 0 Å². The monoisotopic (exact) mass is 454 g/mol. The summed E-state index contributed by atoms with van der Waals surface area (Å²) in [6.07, 6.45) is 2.50. The van der Waals surface area contributed by atoms with Crippen molar-refractivity contribution in [2.75, 3.05) is 119 Å². The van der Waals surface area contributed by atoms with E-state index in [1.54, 1.807) is 0 Å². The summed E-state index contributed by atoms with van der Waals surface area (Å²) >= 11 is 0. The molecule has 1 heterocycles. The topological polar surface area (TPSA) is 103 Å². The molecule has 0 radical (unpaired) electrons. The summed E-state index contributed by atoms with van der Waals surface area (Å²) in [6, 6.07) is 0. The van der Waals surface area contributed by atoms with Gasteiger partial charge in [-0.1, -0.05) is 0 Å². The first-order chi connectivity index (χ1) is 15.4. The number of rotatable bonds is 25. The van der Waals surface area contributed by atoms with E-state index in [0.29, 0.717) is 106 Å². The van der Waals surface area contributed by atoms with Crippen LogP contribution in [0.4, 0.5) is 0 Å². The predicted octanol–water partition coefficient (Wildman–Crippen LogP) is 0.291. The molecule has 1 fully saturated rings. The zero-order chi connectivity index (χ0) is 22.1. The van der Waals surface area contributed by atoms with Gasteiger partial charge in [0.05, 0.1) is 118 Å². The lowest BCUT2D eigenvalue weighted by Crippen LogP contribution is -2.17. The summed E-state index contributed by atoms with van der Waals surface area (Å²) in [5.74, 6) is 0. The smallest absolute Gasteiger partial charge is 0.0809 e. The van der Waals surface area contributed by atoms with Crippen molar-refractivity contribution < 1.29 is 47.7 Å². The molecule has 0 aromatic rings. The third kappa shape index (κ3) is 21.2. The molecular formula is C21H42O10. The van der Waals surface area contributed by atoms with E-state index in [1.165, 1.54) is 0 Å². The lowest BCUT2D eigenvalue weighted by molar-refractivity contribution is -0.0292. The summed E-state index contributed by atoms with van der Waals surface area (Å²) in [5, 5.41) is 8.54. The molecule has 10 nitrogen and oxygen atoms in total. The van der Waals surface area contributed by atoms with Crippen LogP contribution < -0.4 is 0 Å². The lowest BCUT2D eigenvalue weighted by atomic mass is 10.2. The van der Waals surface area contributed by atoms with Gasteiger partial charge in [0.25, 0.3) is 0 Å². The number of aliphatic hydroxyl groups excluding tert-OH is 1. The molecule has 0 aliphatic carbocycles. The quantitative estimate of drug-likeness (QED) is 0.194. The number of aliphatic hydroxyl groups is 1. The van der Waals surface area contributed by atoms with Gasteiger partial charge in [-0.05, 0) is 12.8 Å². The van der Waals surface area contributed by atoms with E-state index < -0.39 is 0 Å². The molecule has 0 spiro atoms. The van der Waals surface area contributed by atoms with Crippen LogP contribution in [0, 0.1) is 0 Å². The van der Waals surface area contributed by atoms with Gasteiger partial charge in [-0.25, -0.2) is 0 Å². The maximum Gasteiger partial charge on any atom is 0.0809 e. The van der Waals surface area contributed by atoms with E-state index in [2.05, 4.69) is 0 Å². The minimum Gasteiger partial charge on any atom is -0.394 e. The molecule has 1 saturated heterocycles. The Kier molecular flexibility index (Phi) is 22.4. The maximum atomic E-state index is 8.54. The molecule has 31 heavy (non-hydrogen) atoms. The van der Waals surface area contributed by atoms with Crippen LogP contribution in [0.15, 0.2) is 0 Å². The van der Waals surface area contributed by atoms with Crippen LogP contribution in [-0.2, 0) is 42.6 Å². The first kappa shape index (κ1) is 28.6. The van der Waals surface area contributed by atoms with Gasteiger partial charge in [0.15, 0.2) is 0 Å². The highest BCUT2D eigenvalue weighted by Gasteiger charge is 2.14. The van der Waals surface area contributed by atoms with Gasteiger partial charge >= 0.3 is 0 Å².